The maximum atomic E-state index is 12.5. The molecule has 6 heteroatoms. The fraction of sp³-hybridized carbons (Fsp3) is 0.250. The highest BCUT2D eigenvalue weighted by molar-refractivity contribution is 7.18. The van der Waals surface area contributed by atoms with Crippen LogP contribution in [-0.2, 0) is 4.79 Å². The Morgan fingerprint density at radius 3 is 2.58 bits per heavy atom. The molecule has 0 fully saturated rings. The maximum Gasteiger partial charge on any atom is 0.267 e. The van der Waals surface area contributed by atoms with Gasteiger partial charge in [0.2, 0.25) is 5.13 Å². The number of hydrogen-bond acceptors (Lipinski definition) is 5. The molecular formula is C20H21N3O2S. The lowest BCUT2D eigenvalue weighted by Crippen LogP contribution is -2.32. The Kier molecular flexibility index (Phi) is 5.63. The lowest BCUT2D eigenvalue weighted by molar-refractivity contribution is -0.122. The summed E-state index contributed by atoms with van der Waals surface area (Å²) < 4.78 is 5.83. The molecule has 0 bridgehead atoms. The molecule has 0 saturated carbocycles. The molecule has 0 spiro atoms. The topological polar surface area (TPSA) is 64.1 Å². The Labute approximate surface area is 157 Å². The zero-order valence-corrected chi connectivity index (χ0v) is 15.8. The second-order valence-electron chi connectivity index (χ2n) is 6.10. The van der Waals surface area contributed by atoms with Gasteiger partial charge >= 0.3 is 0 Å². The molecule has 134 valence electrons. The summed E-state index contributed by atoms with van der Waals surface area (Å²) in [5.41, 5.74) is 3.26. The van der Waals surface area contributed by atoms with E-state index in [0.717, 1.165) is 16.1 Å². The maximum absolute atomic E-state index is 12.5. The van der Waals surface area contributed by atoms with Gasteiger partial charge in [0.05, 0.1) is 0 Å². The quantitative estimate of drug-likeness (QED) is 0.690. The van der Waals surface area contributed by atoms with Crippen molar-refractivity contribution < 1.29 is 9.53 Å². The van der Waals surface area contributed by atoms with E-state index in [1.807, 2.05) is 69.3 Å². The Bertz CT molecular complexity index is 890. The van der Waals surface area contributed by atoms with Crippen LogP contribution in [0.3, 0.4) is 0 Å². The van der Waals surface area contributed by atoms with Crippen molar-refractivity contribution in [1.29, 1.82) is 0 Å². The third kappa shape index (κ3) is 4.46. The summed E-state index contributed by atoms with van der Waals surface area (Å²) in [7, 11) is 0. The van der Waals surface area contributed by atoms with Crippen LogP contribution < -0.4 is 10.1 Å². The second-order valence-corrected chi connectivity index (χ2v) is 7.08. The number of ether oxygens (including phenoxy) is 1. The number of benzene rings is 2. The Balaban J connectivity index is 1.67. The molecule has 26 heavy (non-hydrogen) atoms. The molecular weight excluding hydrogens is 346 g/mol. The molecule has 2 aromatic carbocycles. The number of carbonyl (C=O) groups excluding carboxylic acids is 1. The summed E-state index contributed by atoms with van der Waals surface area (Å²) >= 11 is 1.35. The first kappa shape index (κ1) is 18.1. The molecule has 0 radical (unpaired) electrons. The summed E-state index contributed by atoms with van der Waals surface area (Å²) in [6.07, 6.45) is -0.0211. The van der Waals surface area contributed by atoms with Gasteiger partial charge in [0.25, 0.3) is 5.91 Å². The van der Waals surface area contributed by atoms with Crippen LogP contribution in [0.1, 0.15) is 24.5 Å². The predicted octanol–water partition coefficient (Wildman–Crippen LogP) is 4.62. The number of rotatable bonds is 6. The van der Waals surface area contributed by atoms with Gasteiger partial charge < -0.3 is 4.74 Å². The van der Waals surface area contributed by atoms with Crippen molar-refractivity contribution in [2.75, 3.05) is 5.32 Å². The smallest absolute Gasteiger partial charge is 0.267 e. The van der Waals surface area contributed by atoms with Crippen LogP contribution in [0.15, 0.2) is 48.5 Å². The van der Waals surface area contributed by atoms with Crippen LogP contribution in [0, 0.1) is 13.8 Å². The number of amides is 1. The highest BCUT2D eigenvalue weighted by Crippen LogP contribution is 2.27. The summed E-state index contributed by atoms with van der Waals surface area (Å²) in [6.45, 7) is 5.94. The fourth-order valence-electron chi connectivity index (χ4n) is 2.45. The molecule has 5 nitrogen and oxygen atoms in total. The van der Waals surface area contributed by atoms with E-state index < -0.39 is 6.10 Å². The molecule has 1 aromatic heterocycles. The van der Waals surface area contributed by atoms with Crippen LogP contribution in [0.2, 0.25) is 0 Å². The summed E-state index contributed by atoms with van der Waals surface area (Å²) in [4.78, 5) is 12.5. The van der Waals surface area contributed by atoms with Crippen LogP contribution in [-0.4, -0.2) is 22.2 Å². The molecule has 1 N–H and O–H groups in total. The molecule has 0 saturated heterocycles. The van der Waals surface area contributed by atoms with Crippen LogP contribution in [0.25, 0.3) is 10.6 Å². The van der Waals surface area contributed by atoms with Crippen LogP contribution in [0.4, 0.5) is 5.13 Å². The van der Waals surface area contributed by atoms with E-state index in [-0.39, 0.29) is 5.91 Å². The molecule has 1 amide bonds. The van der Waals surface area contributed by atoms with Gasteiger partial charge in [-0.3, -0.25) is 10.1 Å². The molecule has 1 heterocycles. The molecule has 0 unspecified atom stereocenters. The number of anilines is 1. The highest BCUT2D eigenvalue weighted by atomic mass is 32.1. The minimum Gasteiger partial charge on any atom is -0.481 e. The monoisotopic (exact) mass is 367 g/mol. The lowest BCUT2D eigenvalue weighted by Gasteiger charge is -2.16. The Hall–Kier alpha value is -2.73. The molecule has 0 aliphatic carbocycles. The normalized spacial score (nSPS) is 11.8. The van der Waals surface area contributed by atoms with Gasteiger partial charge in [-0.2, -0.15) is 0 Å². The van der Waals surface area contributed by atoms with Crippen molar-refractivity contribution in [2.45, 2.75) is 33.3 Å². The summed E-state index contributed by atoms with van der Waals surface area (Å²) in [6, 6.07) is 15.7. The molecule has 1 atom stereocenters. The first-order valence-corrected chi connectivity index (χ1v) is 9.31. The van der Waals surface area contributed by atoms with Gasteiger partial charge in [0, 0.05) is 5.56 Å². The summed E-state index contributed by atoms with van der Waals surface area (Å²) in [5.74, 6) is 0.463. The van der Waals surface area contributed by atoms with Crippen LogP contribution in [0.5, 0.6) is 5.75 Å². The van der Waals surface area contributed by atoms with Crippen molar-refractivity contribution in [3.8, 4) is 16.3 Å². The van der Waals surface area contributed by atoms with Crippen molar-refractivity contribution in [1.82, 2.24) is 10.2 Å². The number of hydrogen-bond donors (Lipinski definition) is 1. The Morgan fingerprint density at radius 1 is 1.12 bits per heavy atom. The van der Waals surface area contributed by atoms with E-state index in [0.29, 0.717) is 17.3 Å². The van der Waals surface area contributed by atoms with E-state index in [2.05, 4.69) is 15.5 Å². The zero-order valence-electron chi connectivity index (χ0n) is 15.0. The van der Waals surface area contributed by atoms with Gasteiger partial charge in [-0.25, -0.2) is 0 Å². The molecule has 3 rings (SSSR count). The van der Waals surface area contributed by atoms with Crippen LogP contribution >= 0.6 is 11.3 Å². The van der Waals surface area contributed by atoms with Crippen molar-refractivity contribution >= 4 is 22.4 Å². The standard InChI is InChI=1S/C20H21N3O2S/c1-4-17(25-16-7-5-6-14(3)12-16)18(24)21-20-23-22-19(26-20)15-10-8-13(2)9-11-15/h5-12,17H,4H2,1-3H3,(H,21,23,24)/t17-/m1/s1. The predicted molar refractivity (Wildman–Crippen MR) is 105 cm³/mol. The SMILES string of the molecule is CC[C@@H](Oc1cccc(C)c1)C(=O)Nc1nnc(-c2ccc(C)cc2)s1. The minimum absolute atomic E-state index is 0.222. The van der Waals surface area contributed by atoms with E-state index in [9.17, 15) is 4.79 Å². The average molecular weight is 367 g/mol. The number of carbonyl (C=O) groups is 1. The van der Waals surface area contributed by atoms with Crippen molar-refractivity contribution in [2.24, 2.45) is 0 Å². The van der Waals surface area contributed by atoms with Crippen molar-refractivity contribution in [3.63, 3.8) is 0 Å². The average Bonchev–Trinajstić information content (AvgIpc) is 3.08. The number of aromatic nitrogens is 2. The van der Waals surface area contributed by atoms with E-state index in [1.54, 1.807) is 0 Å². The Morgan fingerprint density at radius 2 is 1.88 bits per heavy atom. The van der Waals surface area contributed by atoms with E-state index in [1.165, 1.54) is 16.9 Å². The third-order valence-electron chi connectivity index (χ3n) is 3.88. The second kappa shape index (κ2) is 8.10. The van der Waals surface area contributed by atoms with Gasteiger partial charge in [-0.05, 0) is 38.0 Å². The first-order chi connectivity index (χ1) is 12.5. The molecule has 3 aromatic rings. The first-order valence-electron chi connectivity index (χ1n) is 8.50. The largest absolute Gasteiger partial charge is 0.481 e. The van der Waals surface area contributed by atoms with E-state index >= 15 is 0 Å². The van der Waals surface area contributed by atoms with Gasteiger partial charge in [0.15, 0.2) is 6.10 Å². The zero-order chi connectivity index (χ0) is 18.5. The third-order valence-corrected chi connectivity index (χ3v) is 4.77. The van der Waals surface area contributed by atoms with Gasteiger partial charge in [-0.15, -0.1) is 10.2 Å². The van der Waals surface area contributed by atoms with E-state index in [4.69, 9.17) is 4.74 Å². The minimum atomic E-state index is -0.580. The summed E-state index contributed by atoms with van der Waals surface area (Å²) in [5, 5.41) is 12.3. The van der Waals surface area contributed by atoms with Crippen molar-refractivity contribution in [3.05, 3.63) is 59.7 Å². The number of nitrogens with zero attached hydrogens (tertiary/aromatic N) is 2. The fourth-order valence-corrected chi connectivity index (χ4v) is 3.20. The number of nitrogens with one attached hydrogen (secondary N) is 1. The molecule has 0 aliphatic rings. The lowest BCUT2D eigenvalue weighted by atomic mass is 10.2. The van der Waals surface area contributed by atoms with Gasteiger partial charge in [-0.1, -0.05) is 60.2 Å². The molecule has 0 aliphatic heterocycles. The number of aryl methyl sites for hydroxylation is 2. The highest BCUT2D eigenvalue weighted by Gasteiger charge is 2.20. The van der Waals surface area contributed by atoms with Gasteiger partial charge in [0.1, 0.15) is 10.8 Å².